The number of amides is 1. The second kappa shape index (κ2) is 10.2. The van der Waals surface area contributed by atoms with Crippen LogP contribution in [0, 0.1) is 0 Å². The van der Waals surface area contributed by atoms with Gasteiger partial charge in [-0.15, -0.1) is 10.2 Å². The standard InChI is InChI=1S/C21H30N4O6S/c1-5-29-17-12-15(13-18(30-6-2)19(17)31-7-3)20(26)25-10-8-16(9-11-25)32(27,28)21-23-22-14-24(21)4/h12-14,16H,5-11H2,1-4H3. The summed E-state index contributed by atoms with van der Waals surface area (Å²) in [6.07, 6.45) is 2.02. The van der Waals surface area contributed by atoms with Gasteiger partial charge in [0.05, 0.1) is 25.1 Å². The van der Waals surface area contributed by atoms with Gasteiger partial charge in [-0.25, -0.2) is 8.42 Å². The molecule has 32 heavy (non-hydrogen) atoms. The lowest BCUT2D eigenvalue weighted by molar-refractivity contribution is 0.0724. The Labute approximate surface area is 188 Å². The summed E-state index contributed by atoms with van der Waals surface area (Å²) in [5, 5.41) is 6.77. The van der Waals surface area contributed by atoms with Crippen LogP contribution in [0.2, 0.25) is 0 Å². The van der Waals surface area contributed by atoms with Crippen molar-refractivity contribution < 1.29 is 27.4 Å². The number of aromatic nitrogens is 3. The van der Waals surface area contributed by atoms with E-state index < -0.39 is 15.1 Å². The maximum absolute atomic E-state index is 13.2. The predicted octanol–water partition coefficient (Wildman–Crippen LogP) is 2.09. The summed E-state index contributed by atoms with van der Waals surface area (Å²) in [7, 11) is -2.01. The molecular formula is C21H30N4O6S. The summed E-state index contributed by atoms with van der Waals surface area (Å²) >= 11 is 0. The first-order chi connectivity index (χ1) is 15.3. The number of hydrogen-bond acceptors (Lipinski definition) is 8. The second-order valence-corrected chi connectivity index (χ2v) is 9.48. The molecule has 0 unspecified atom stereocenters. The Hall–Kier alpha value is -2.82. The molecule has 0 saturated carbocycles. The van der Waals surface area contributed by atoms with Crippen molar-refractivity contribution in [3.8, 4) is 17.2 Å². The number of sulfone groups is 1. The second-order valence-electron chi connectivity index (χ2n) is 7.36. The molecule has 0 bridgehead atoms. The molecule has 1 aliphatic heterocycles. The Morgan fingerprint density at radius 3 is 2.06 bits per heavy atom. The van der Waals surface area contributed by atoms with Crippen molar-refractivity contribution in [2.75, 3.05) is 32.9 Å². The molecule has 1 saturated heterocycles. The highest BCUT2D eigenvalue weighted by atomic mass is 32.2. The molecule has 1 aliphatic rings. The molecule has 0 N–H and O–H groups in total. The Morgan fingerprint density at radius 1 is 1.03 bits per heavy atom. The molecule has 0 spiro atoms. The van der Waals surface area contributed by atoms with Gasteiger partial charge in [-0.1, -0.05) is 0 Å². The highest BCUT2D eigenvalue weighted by Gasteiger charge is 2.36. The van der Waals surface area contributed by atoms with Crippen molar-refractivity contribution in [3.63, 3.8) is 0 Å². The van der Waals surface area contributed by atoms with E-state index in [9.17, 15) is 13.2 Å². The summed E-state index contributed by atoms with van der Waals surface area (Å²) in [5.41, 5.74) is 0.412. The number of ether oxygens (including phenoxy) is 3. The highest BCUT2D eigenvalue weighted by molar-refractivity contribution is 7.91. The highest BCUT2D eigenvalue weighted by Crippen LogP contribution is 2.39. The normalized spacial score (nSPS) is 14.9. The summed E-state index contributed by atoms with van der Waals surface area (Å²) < 4.78 is 44.2. The molecule has 1 aromatic carbocycles. The van der Waals surface area contributed by atoms with Gasteiger partial charge in [0.25, 0.3) is 5.91 Å². The van der Waals surface area contributed by atoms with E-state index in [-0.39, 0.29) is 11.1 Å². The molecule has 0 radical (unpaired) electrons. The topological polar surface area (TPSA) is 113 Å². The van der Waals surface area contributed by atoms with Crippen LogP contribution in [0.4, 0.5) is 0 Å². The molecular weight excluding hydrogens is 436 g/mol. The van der Waals surface area contributed by atoms with Gasteiger partial charge in [0, 0.05) is 25.7 Å². The summed E-state index contributed by atoms with van der Waals surface area (Å²) in [5.74, 6) is 1.16. The zero-order valence-corrected chi connectivity index (χ0v) is 19.7. The zero-order chi connectivity index (χ0) is 23.3. The van der Waals surface area contributed by atoms with Crippen molar-refractivity contribution >= 4 is 15.7 Å². The van der Waals surface area contributed by atoms with Crippen LogP contribution in [0.15, 0.2) is 23.6 Å². The zero-order valence-electron chi connectivity index (χ0n) is 18.9. The van der Waals surface area contributed by atoms with Crippen LogP contribution in [0.5, 0.6) is 17.2 Å². The number of piperidine rings is 1. The molecule has 0 atom stereocenters. The lowest BCUT2D eigenvalue weighted by Crippen LogP contribution is -2.42. The van der Waals surface area contributed by atoms with Crippen molar-refractivity contribution in [2.45, 2.75) is 44.0 Å². The van der Waals surface area contributed by atoms with Crippen LogP contribution in [-0.2, 0) is 16.9 Å². The fourth-order valence-corrected chi connectivity index (χ4v) is 5.48. The van der Waals surface area contributed by atoms with Crippen molar-refractivity contribution in [1.82, 2.24) is 19.7 Å². The Kier molecular flexibility index (Phi) is 7.60. The maximum atomic E-state index is 13.2. The summed E-state index contributed by atoms with van der Waals surface area (Å²) in [6, 6.07) is 3.31. The summed E-state index contributed by atoms with van der Waals surface area (Å²) in [4.78, 5) is 14.9. The first kappa shape index (κ1) is 23.8. The van der Waals surface area contributed by atoms with E-state index in [1.165, 1.54) is 10.9 Å². The lowest BCUT2D eigenvalue weighted by atomic mass is 10.1. The fourth-order valence-electron chi connectivity index (χ4n) is 3.74. The van der Waals surface area contributed by atoms with Crippen molar-refractivity contribution in [3.05, 3.63) is 24.0 Å². The van der Waals surface area contributed by atoms with Crippen molar-refractivity contribution in [1.29, 1.82) is 0 Å². The van der Waals surface area contributed by atoms with E-state index in [0.717, 1.165) is 0 Å². The quantitative estimate of drug-likeness (QED) is 0.552. The molecule has 1 amide bonds. The van der Waals surface area contributed by atoms with E-state index in [0.29, 0.717) is 68.6 Å². The van der Waals surface area contributed by atoms with Crippen LogP contribution in [0.3, 0.4) is 0 Å². The number of aryl methyl sites for hydroxylation is 1. The average molecular weight is 467 g/mol. The number of benzene rings is 1. The molecule has 11 heteroatoms. The Bertz CT molecular complexity index is 1020. The van der Waals surface area contributed by atoms with Crippen LogP contribution < -0.4 is 14.2 Å². The molecule has 3 rings (SSSR count). The molecule has 1 aromatic heterocycles. The van der Waals surface area contributed by atoms with Gasteiger partial charge in [0.1, 0.15) is 6.33 Å². The monoisotopic (exact) mass is 466 g/mol. The van der Waals surface area contributed by atoms with Gasteiger partial charge in [0.15, 0.2) is 11.5 Å². The third kappa shape index (κ3) is 4.82. The maximum Gasteiger partial charge on any atom is 0.254 e. The van der Waals surface area contributed by atoms with E-state index in [4.69, 9.17) is 14.2 Å². The molecule has 1 fully saturated rings. The van der Waals surface area contributed by atoms with E-state index in [2.05, 4.69) is 10.2 Å². The van der Waals surface area contributed by atoms with Gasteiger partial charge < -0.3 is 23.7 Å². The lowest BCUT2D eigenvalue weighted by Gasteiger charge is -2.31. The average Bonchev–Trinajstić information content (AvgIpc) is 3.22. The van der Waals surface area contributed by atoms with Crippen LogP contribution in [0.1, 0.15) is 44.0 Å². The number of hydrogen-bond donors (Lipinski definition) is 0. The number of nitrogens with zero attached hydrogens (tertiary/aromatic N) is 4. The number of carbonyl (C=O) groups is 1. The number of rotatable bonds is 9. The van der Waals surface area contributed by atoms with E-state index in [1.807, 2.05) is 20.8 Å². The molecule has 2 aromatic rings. The predicted molar refractivity (Wildman–Crippen MR) is 117 cm³/mol. The minimum atomic E-state index is -3.61. The minimum Gasteiger partial charge on any atom is -0.490 e. The first-order valence-corrected chi connectivity index (χ1v) is 12.3. The molecule has 176 valence electrons. The largest absolute Gasteiger partial charge is 0.490 e. The van der Waals surface area contributed by atoms with Gasteiger partial charge >= 0.3 is 0 Å². The molecule has 2 heterocycles. The molecule has 0 aliphatic carbocycles. The van der Waals surface area contributed by atoms with Crippen LogP contribution >= 0.6 is 0 Å². The summed E-state index contributed by atoms with van der Waals surface area (Å²) in [6.45, 7) is 7.47. The Balaban J connectivity index is 1.79. The number of likely N-dealkylation sites (tertiary alicyclic amines) is 1. The third-order valence-electron chi connectivity index (χ3n) is 5.25. The SMILES string of the molecule is CCOc1cc(C(=O)N2CCC(S(=O)(=O)c3nncn3C)CC2)cc(OCC)c1OCC. The van der Waals surface area contributed by atoms with Gasteiger partial charge in [-0.3, -0.25) is 4.79 Å². The smallest absolute Gasteiger partial charge is 0.254 e. The molecule has 10 nitrogen and oxygen atoms in total. The fraction of sp³-hybridized carbons (Fsp3) is 0.571. The van der Waals surface area contributed by atoms with E-state index >= 15 is 0 Å². The third-order valence-corrected chi connectivity index (χ3v) is 7.48. The van der Waals surface area contributed by atoms with Crippen molar-refractivity contribution in [2.24, 2.45) is 7.05 Å². The van der Waals surface area contributed by atoms with Crippen LogP contribution in [0.25, 0.3) is 0 Å². The Morgan fingerprint density at radius 2 is 1.59 bits per heavy atom. The van der Waals surface area contributed by atoms with Gasteiger partial charge in [0.2, 0.25) is 20.7 Å². The van der Waals surface area contributed by atoms with Crippen LogP contribution in [-0.4, -0.2) is 72.1 Å². The number of carbonyl (C=O) groups excluding carboxylic acids is 1. The minimum absolute atomic E-state index is 0.0449. The van der Waals surface area contributed by atoms with Gasteiger partial charge in [-0.2, -0.15) is 0 Å². The first-order valence-electron chi connectivity index (χ1n) is 10.8. The van der Waals surface area contributed by atoms with Gasteiger partial charge in [-0.05, 0) is 45.7 Å². The van der Waals surface area contributed by atoms with E-state index in [1.54, 1.807) is 24.1 Å².